The van der Waals surface area contributed by atoms with Crippen LogP contribution < -0.4 is 4.74 Å². The van der Waals surface area contributed by atoms with Gasteiger partial charge >= 0.3 is 5.97 Å². The van der Waals surface area contributed by atoms with E-state index in [1.54, 1.807) is 16.6 Å². The van der Waals surface area contributed by atoms with Crippen molar-refractivity contribution in [2.75, 3.05) is 13.2 Å². The molecule has 2 N–H and O–H groups in total. The molecular weight excluding hydrogens is 530 g/mol. The van der Waals surface area contributed by atoms with Crippen molar-refractivity contribution in [2.45, 2.75) is 89.8 Å². The number of pyridine rings is 1. The molecule has 0 aliphatic carbocycles. The summed E-state index contributed by atoms with van der Waals surface area (Å²) in [7, 11) is -3.33. The number of fused-ring (bicyclic) bond motifs is 1. The monoisotopic (exact) mass is 571 g/mol. The normalized spacial score (nSPS) is 18.3. The van der Waals surface area contributed by atoms with Crippen LogP contribution in [0.2, 0.25) is 0 Å². The summed E-state index contributed by atoms with van der Waals surface area (Å²) in [5.74, 6) is 0.133. The molecule has 2 aromatic heterocycles. The molecule has 3 aromatic rings. The van der Waals surface area contributed by atoms with Crippen LogP contribution in [0.3, 0.4) is 0 Å². The lowest BCUT2D eigenvalue weighted by atomic mass is 9.88. The van der Waals surface area contributed by atoms with Gasteiger partial charge in [0.2, 0.25) is 0 Å². The van der Waals surface area contributed by atoms with Gasteiger partial charge in [-0.1, -0.05) is 37.3 Å². The number of rotatable bonds is 12. The standard InChI is InChI=1S/C29H41N5O5S/c1-5-14-33-19-25(31-32-33)11-10-23(16-29(35)38-7-3)22-9-8-21(4)24(15-22)18-34-20-26(6-2)39-27-12-13-30-17-28(27)40(34,36)37/h8-9,12-13,15,17,19,23,26,36-37H,5-7,10-11,14,16,18,20H2,1-4H3. The van der Waals surface area contributed by atoms with Crippen molar-refractivity contribution in [2.24, 2.45) is 0 Å². The molecule has 0 amide bonds. The minimum atomic E-state index is -3.33. The summed E-state index contributed by atoms with van der Waals surface area (Å²) in [4.78, 5) is 17.0. The number of ether oxygens (including phenoxy) is 2. The maximum Gasteiger partial charge on any atom is 0.306 e. The predicted molar refractivity (Wildman–Crippen MR) is 154 cm³/mol. The highest BCUT2D eigenvalue weighted by atomic mass is 32.3. The number of carbonyl (C=O) groups is 1. The molecule has 1 aliphatic rings. The van der Waals surface area contributed by atoms with Gasteiger partial charge in [-0.05, 0) is 62.1 Å². The quantitative estimate of drug-likeness (QED) is 0.261. The van der Waals surface area contributed by atoms with Crippen molar-refractivity contribution >= 4 is 16.7 Å². The maximum absolute atomic E-state index is 12.6. The first kappa shape index (κ1) is 30.0. The number of benzene rings is 1. The Morgan fingerprint density at radius 1 is 1.25 bits per heavy atom. The summed E-state index contributed by atoms with van der Waals surface area (Å²) >= 11 is 0. The first-order chi connectivity index (χ1) is 19.2. The van der Waals surface area contributed by atoms with Gasteiger partial charge in [0, 0.05) is 31.5 Å². The van der Waals surface area contributed by atoms with Gasteiger partial charge in [-0.15, -0.1) is 15.9 Å². The fourth-order valence-corrected chi connectivity index (χ4v) is 6.51. The Bertz CT molecular complexity index is 1280. The summed E-state index contributed by atoms with van der Waals surface area (Å²) < 4.78 is 37.8. The number of hydrogen-bond donors (Lipinski definition) is 2. The van der Waals surface area contributed by atoms with Crippen LogP contribution in [0, 0.1) is 6.92 Å². The third-order valence-electron chi connectivity index (χ3n) is 7.26. The maximum atomic E-state index is 12.6. The minimum absolute atomic E-state index is 0.0872. The first-order valence-electron chi connectivity index (χ1n) is 14.0. The average Bonchev–Trinajstić information content (AvgIpc) is 3.35. The molecule has 40 heavy (non-hydrogen) atoms. The van der Waals surface area contributed by atoms with E-state index in [1.807, 2.05) is 43.8 Å². The molecule has 0 saturated carbocycles. The second-order valence-electron chi connectivity index (χ2n) is 10.2. The SMILES string of the molecule is CCCn1cc(CCC(CC(=O)OCC)c2ccc(C)c(CN3CC(CC)Oc4ccncc4S3(O)O)c2)nn1. The molecule has 2 unspecified atom stereocenters. The summed E-state index contributed by atoms with van der Waals surface area (Å²) in [6.45, 7) is 9.77. The van der Waals surface area contributed by atoms with Gasteiger partial charge in [0.25, 0.3) is 0 Å². The fourth-order valence-electron chi connectivity index (χ4n) is 4.95. The van der Waals surface area contributed by atoms with Gasteiger partial charge < -0.3 is 9.47 Å². The summed E-state index contributed by atoms with van der Waals surface area (Å²) in [5, 5.41) is 8.50. The van der Waals surface area contributed by atoms with E-state index >= 15 is 0 Å². The lowest BCUT2D eigenvalue weighted by Gasteiger charge is -2.41. The van der Waals surface area contributed by atoms with Gasteiger partial charge in [0.05, 0.1) is 31.5 Å². The highest BCUT2D eigenvalue weighted by Crippen LogP contribution is 2.57. The Hall–Kier alpha value is -2.99. The Balaban J connectivity index is 1.60. The first-order valence-corrected chi connectivity index (χ1v) is 15.5. The summed E-state index contributed by atoms with van der Waals surface area (Å²) in [6, 6.07) is 7.85. The highest BCUT2D eigenvalue weighted by molar-refractivity contribution is 8.22. The van der Waals surface area contributed by atoms with Crippen molar-refractivity contribution < 1.29 is 23.4 Å². The van der Waals surface area contributed by atoms with E-state index in [4.69, 9.17) is 9.47 Å². The second kappa shape index (κ2) is 13.6. The molecule has 218 valence electrons. The van der Waals surface area contributed by atoms with Crippen LogP contribution in [0.5, 0.6) is 5.75 Å². The molecular formula is C29H41N5O5S. The second-order valence-corrected chi connectivity index (χ2v) is 12.2. The summed E-state index contributed by atoms with van der Waals surface area (Å²) in [6.07, 6.45) is 8.18. The van der Waals surface area contributed by atoms with Crippen molar-refractivity contribution in [3.05, 3.63) is 65.2 Å². The van der Waals surface area contributed by atoms with E-state index in [0.29, 0.717) is 43.2 Å². The van der Waals surface area contributed by atoms with Crippen LogP contribution in [0.1, 0.15) is 74.8 Å². The topological polar surface area (TPSA) is 123 Å². The molecule has 4 rings (SSSR count). The molecule has 1 aromatic carbocycles. The molecule has 0 saturated heterocycles. The summed E-state index contributed by atoms with van der Waals surface area (Å²) in [5.41, 5.74) is 3.89. The van der Waals surface area contributed by atoms with Gasteiger partial charge in [0.15, 0.2) is 0 Å². The van der Waals surface area contributed by atoms with E-state index in [-0.39, 0.29) is 24.4 Å². The van der Waals surface area contributed by atoms with Gasteiger partial charge in [-0.3, -0.25) is 23.6 Å². The van der Waals surface area contributed by atoms with E-state index in [2.05, 4.69) is 28.3 Å². The number of esters is 1. The van der Waals surface area contributed by atoms with Gasteiger partial charge in [-0.25, -0.2) is 0 Å². The highest BCUT2D eigenvalue weighted by Gasteiger charge is 2.35. The average molecular weight is 572 g/mol. The van der Waals surface area contributed by atoms with E-state index in [1.165, 1.54) is 6.20 Å². The Kier molecular flexibility index (Phi) is 10.2. The molecule has 0 fully saturated rings. The third-order valence-corrected chi connectivity index (χ3v) is 9.15. The van der Waals surface area contributed by atoms with Crippen molar-refractivity contribution in [3.63, 3.8) is 0 Å². The number of carbonyl (C=O) groups excluding carboxylic acids is 1. The number of nitrogens with zero attached hydrogens (tertiary/aromatic N) is 5. The van der Waals surface area contributed by atoms with Crippen LogP contribution in [0.15, 0.2) is 47.8 Å². The van der Waals surface area contributed by atoms with Crippen LogP contribution in [-0.4, -0.2) is 58.6 Å². The van der Waals surface area contributed by atoms with E-state index in [9.17, 15) is 13.9 Å². The minimum Gasteiger partial charge on any atom is -0.487 e. The van der Waals surface area contributed by atoms with E-state index < -0.39 is 10.8 Å². The smallest absolute Gasteiger partial charge is 0.306 e. The van der Waals surface area contributed by atoms with Gasteiger partial charge in [-0.2, -0.15) is 4.31 Å². The van der Waals surface area contributed by atoms with Crippen molar-refractivity contribution in [3.8, 4) is 5.75 Å². The van der Waals surface area contributed by atoms with Crippen molar-refractivity contribution in [1.29, 1.82) is 0 Å². The number of aryl methyl sites for hydroxylation is 3. The lowest BCUT2D eigenvalue weighted by Crippen LogP contribution is -2.34. The van der Waals surface area contributed by atoms with Crippen LogP contribution in [-0.2, 0) is 29.0 Å². The van der Waals surface area contributed by atoms with Crippen LogP contribution in [0.25, 0.3) is 0 Å². The molecule has 0 bridgehead atoms. The number of aromatic nitrogens is 4. The molecule has 0 radical (unpaired) electrons. The van der Waals surface area contributed by atoms with Gasteiger partial charge in [0.1, 0.15) is 16.7 Å². The Labute approximate surface area is 238 Å². The third kappa shape index (κ3) is 7.20. The molecule has 11 heteroatoms. The Morgan fingerprint density at radius 3 is 2.83 bits per heavy atom. The van der Waals surface area contributed by atoms with Crippen LogP contribution in [0.4, 0.5) is 0 Å². The van der Waals surface area contributed by atoms with Crippen molar-refractivity contribution in [1.82, 2.24) is 24.3 Å². The van der Waals surface area contributed by atoms with Crippen LogP contribution >= 0.6 is 10.8 Å². The molecule has 3 heterocycles. The zero-order chi connectivity index (χ0) is 28.7. The molecule has 2 atom stereocenters. The number of hydrogen-bond acceptors (Lipinski definition) is 9. The molecule has 1 aliphatic heterocycles. The largest absolute Gasteiger partial charge is 0.487 e. The lowest BCUT2D eigenvalue weighted by molar-refractivity contribution is -0.143. The fraction of sp³-hybridized carbons (Fsp3) is 0.517. The molecule has 0 spiro atoms. The molecule has 10 nitrogen and oxygen atoms in total. The Morgan fingerprint density at radius 2 is 2.08 bits per heavy atom. The predicted octanol–water partition coefficient (Wildman–Crippen LogP) is 5.76. The van der Waals surface area contributed by atoms with E-state index in [0.717, 1.165) is 41.8 Å². The zero-order valence-electron chi connectivity index (χ0n) is 23.8. The zero-order valence-corrected chi connectivity index (χ0v) is 24.6.